The van der Waals surface area contributed by atoms with Crippen LogP contribution in [0.4, 0.5) is 5.69 Å². The molecule has 1 aliphatic rings. The first kappa shape index (κ1) is 16.1. The van der Waals surface area contributed by atoms with Crippen LogP contribution in [0.3, 0.4) is 0 Å². The molecule has 0 unspecified atom stereocenters. The zero-order valence-corrected chi connectivity index (χ0v) is 14.6. The van der Waals surface area contributed by atoms with Crippen LogP contribution in [0, 0.1) is 12.8 Å². The second-order valence-electron chi connectivity index (χ2n) is 5.27. The smallest absolute Gasteiger partial charge is 0.270 e. The monoisotopic (exact) mass is 380 g/mol. The summed E-state index contributed by atoms with van der Waals surface area (Å²) in [6.07, 6.45) is 1.80. The fraction of sp³-hybridized carbons (Fsp3) is 0.538. The molecular formula is C13H18BrClN2O2S. The normalized spacial score (nSPS) is 18.2. The average Bonchev–Trinajstić information content (AvgIpc) is 2.36. The minimum atomic E-state index is -3.52. The van der Waals surface area contributed by atoms with E-state index in [2.05, 4.69) is 27.6 Å². The van der Waals surface area contributed by atoms with E-state index in [1.54, 1.807) is 12.1 Å². The van der Waals surface area contributed by atoms with Gasteiger partial charge in [-0.2, -0.15) is 12.7 Å². The third-order valence-corrected chi connectivity index (χ3v) is 6.16. The Hall–Kier alpha value is -0.300. The third-order valence-electron chi connectivity index (χ3n) is 3.57. The summed E-state index contributed by atoms with van der Waals surface area (Å²) in [5, 5.41) is 0.540. The van der Waals surface area contributed by atoms with Gasteiger partial charge in [0, 0.05) is 22.6 Å². The van der Waals surface area contributed by atoms with Crippen molar-refractivity contribution in [2.45, 2.75) is 26.7 Å². The Bertz CT molecular complexity index is 599. The van der Waals surface area contributed by atoms with Crippen LogP contribution in [-0.4, -0.2) is 25.8 Å². The molecule has 0 atom stereocenters. The predicted molar refractivity (Wildman–Crippen MR) is 86.4 cm³/mol. The summed E-state index contributed by atoms with van der Waals surface area (Å²) < 4.78 is 29.5. The Morgan fingerprint density at radius 1 is 1.35 bits per heavy atom. The molecule has 0 spiro atoms. The van der Waals surface area contributed by atoms with E-state index in [-0.39, 0.29) is 0 Å². The SMILES string of the molecule is Cc1cc(Br)c(NS(=O)(=O)N2CCC(C)CC2)cc1Cl. The molecule has 1 saturated heterocycles. The van der Waals surface area contributed by atoms with Crippen LogP contribution in [0.2, 0.25) is 5.02 Å². The van der Waals surface area contributed by atoms with Gasteiger partial charge < -0.3 is 0 Å². The van der Waals surface area contributed by atoms with Gasteiger partial charge in [0.25, 0.3) is 0 Å². The summed E-state index contributed by atoms with van der Waals surface area (Å²) in [5.41, 5.74) is 1.37. The van der Waals surface area contributed by atoms with E-state index in [9.17, 15) is 8.42 Å². The maximum Gasteiger partial charge on any atom is 0.301 e. The molecule has 0 aliphatic carbocycles. The van der Waals surface area contributed by atoms with Gasteiger partial charge in [0.2, 0.25) is 0 Å². The molecule has 0 radical (unpaired) electrons. The molecule has 2 rings (SSSR count). The molecule has 0 bridgehead atoms. The van der Waals surface area contributed by atoms with Crippen molar-refractivity contribution in [1.29, 1.82) is 0 Å². The highest BCUT2D eigenvalue weighted by atomic mass is 79.9. The maximum atomic E-state index is 12.4. The van der Waals surface area contributed by atoms with Crippen LogP contribution in [0.1, 0.15) is 25.3 Å². The lowest BCUT2D eigenvalue weighted by Crippen LogP contribution is -2.41. The van der Waals surface area contributed by atoms with Crippen molar-refractivity contribution < 1.29 is 8.42 Å². The van der Waals surface area contributed by atoms with Gasteiger partial charge in [-0.05, 0) is 59.3 Å². The average molecular weight is 382 g/mol. The van der Waals surface area contributed by atoms with Crippen molar-refractivity contribution in [2.75, 3.05) is 17.8 Å². The Morgan fingerprint density at radius 2 is 1.95 bits per heavy atom. The van der Waals surface area contributed by atoms with E-state index in [0.29, 0.717) is 34.2 Å². The first-order chi connectivity index (χ1) is 9.29. The summed E-state index contributed by atoms with van der Waals surface area (Å²) in [4.78, 5) is 0. The van der Waals surface area contributed by atoms with Crippen LogP contribution in [-0.2, 0) is 10.2 Å². The Kier molecular flexibility index (Phi) is 5.00. The summed E-state index contributed by atoms with van der Waals surface area (Å²) in [6, 6.07) is 3.43. The van der Waals surface area contributed by atoms with Gasteiger partial charge in [-0.25, -0.2) is 0 Å². The topological polar surface area (TPSA) is 49.4 Å². The molecule has 112 valence electrons. The molecule has 1 fully saturated rings. The number of anilines is 1. The second-order valence-corrected chi connectivity index (χ2v) is 8.20. The van der Waals surface area contributed by atoms with Crippen molar-refractivity contribution in [3.05, 3.63) is 27.2 Å². The molecule has 20 heavy (non-hydrogen) atoms. The van der Waals surface area contributed by atoms with Crippen molar-refractivity contribution in [1.82, 2.24) is 4.31 Å². The van der Waals surface area contributed by atoms with Crippen LogP contribution >= 0.6 is 27.5 Å². The molecule has 1 aromatic rings. The van der Waals surface area contributed by atoms with Crippen molar-refractivity contribution >= 4 is 43.4 Å². The number of rotatable bonds is 3. The van der Waals surface area contributed by atoms with E-state index in [1.807, 2.05) is 6.92 Å². The number of aryl methyl sites for hydroxylation is 1. The molecule has 1 N–H and O–H groups in total. The predicted octanol–water partition coefficient (Wildman–Crippen LogP) is 3.80. The van der Waals surface area contributed by atoms with Crippen LogP contribution < -0.4 is 4.72 Å². The minimum absolute atomic E-state index is 0.472. The summed E-state index contributed by atoms with van der Waals surface area (Å²) in [7, 11) is -3.52. The Morgan fingerprint density at radius 3 is 2.55 bits per heavy atom. The molecule has 4 nitrogen and oxygen atoms in total. The van der Waals surface area contributed by atoms with Gasteiger partial charge in [0.1, 0.15) is 0 Å². The standard InChI is InChI=1S/C13H18BrClN2O2S/c1-9-3-5-17(6-4-9)20(18,19)16-13-8-12(15)10(2)7-11(13)14/h7-9,16H,3-6H2,1-2H3. The zero-order chi connectivity index (χ0) is 14.9. The lowest BCUT2D eigenvalue weighted by atomic mass is 10.0. The Balaban J connectivity index is 2.18. The van der Waals surface area contributed by atoms with Crippen LogP contribution in [0.5, 0.6) is 0 Å². The van der Waals surface area contributed by atoms with Gasteiger partial charge in [-0.15, -0.1) is 0 Å². The number of piperidine rings is 1. The fourth-order valence-electron chi connectivity index (χ4n) is 2.15. The van der Waals surface area contributed by atoms with Gasteiger partial charge in [0.05, 0.1) is 5.69 Å². The number of halogens is 2. The van der Waals surface area contributed by atoms with Gasteiger partial charge >= 0.3 is 10.2 Å². The van der Waals surface area contributed by atoms with Gasteiger partial charge in [-0.1, -0.05) is 18.5 Å². The molecule has 1 heterocycles. The van der Waals surface area contributed by atoms with E-state index in [4.69, 9.17) is 11.6 Å². The third kappa shape index (κ3) is 3.67. The quantitative estimate of drug-likeness (QED) is 0.865. The molecule has 0 aromatic heterocycles. The van der Waals surface area contributed by atoms with E-state index in [1.165, 1.54) is 4.31 Å². The molecule has 7 heteroatoms. The molecule has 1 aliphatic heterocycles. The van der Waals surface area contributed by atoms with Crippen LogP contribution in [0.15, 0.2) is 16.6 Å². The zero-order valence-electron chi connectivity index (χ0n) is 11.5. The number of hydrogen-bond donors (Lipinski definition) is 1. The van der Waals surface area contributed by atoms with Crippen molar-refractivity contribution in [3.8, 4) is 0 Å². The van der Waals surface area contributed by atoms with Crippen molar-refractivity contribution in [3.63, 3.8) is 0 Å². The number of benzene rings is 1. The lowest BCUT2D eigenvalue weighted by Gasteiger charge is -2.29. The second kappa shape index (κ2) is 6.22. The summed E-state index contributed by atoms with van der Waals surface area (Å²) in [5.74, 6) is 0.585. The highest BCUT2D eigenvalue weighted by Crippen LogP contribution is 2.30. The first-order valence-corrected chi connectivity index (χ1v) is 9.14. The number of nitrogens with zero attached hydrogens (tertiary/aromatic N) is 1. The van der Waals surface area contributed by atoms with Gasteiger partial charge in [-0.3, -0.25) is 4.72 Å². The van der Waals surface area contributed by atoms with E-state index in [0.717, 1.165) is 18.4 Å². The molecule has 1 aromatic carbocycles. The van der Waals surface area contributed by atoms with Crippen LogP contribution in [0.25, 0.3) is 0 Å². The summed E-state index contributed by atoms with van der Waals surface area (Å²) in [6.45, 7) is 5.15. The number of hydrogen-bond acceptors (Lipinski definition) is 2. The van der Waals surface area contributed by atoms with E-state index >= 15 is 0 Å². The van der Waals surface area contributed by atoms with E-state index < -0.39 is 10.2 Å². The minimum Gasteiger partial charge on any atom is -0.270 e. The summed E-state index contributed by atoms with van der Waals surface area (Å²) >= 11 is 9.41. The lowest BCUT2D eigenvalue weighted by molar-refractivity contribution is 0.289. The fourth-order valence-corrected chi connectivity index (χ4v) is 4.27. The van der Waals surface area contributed by atoms with Gasteiger partial charge in [0.15, 0.2) is 0 Å². The maximum absolute atomic E-state index is 12.4. The molecular weight excluding hydrogens is 364 g/mol. The highest BCUT2D eigenvalue weighted by Gasteiger charge is 2.26. The highest BCUT2D eigenvalue weighted by molar-refractivity contribution is 9.10. The molecule has 0 saturated carbocycles. The first-order valence-electron chi connectivity index (χ1n) is 6.53. The van der Waals surface area contributed by atoms with Crippen molar-refractivity contribution in [2.24, 2.45) is 5.92 Å². The molecule has 0 amide bonds. The number of nitrogens with one attached hydrogen (secondary N) is 1. The largest absolute Gasteiger partial charge is 0.301 e. The Labute approximate surface area is 133 Å².